The zero-order valence-electron chi connectivity index (χ0n) is 40.3. The lowest BCUT2D eigenvalue weighted by molar-refractivity contribution is 0.662. The van der Waals surface area contributed by atoms with Crippen molar-refractivity contribution < 1.29 is 0 Å². The summed E-state index contributed by atoms with van der Waals surface area (Å²) >= 11 is 0. The van der Waals surface area contributed by atoms with Crippen LogP contribution < -0.4 is 4.90 Å². The Morgan fingerprint density at radius 2 is 0.694 bits per heavy atom. The molecule has 0 N–H and O–H groups in total. The smallest absolute Gasteiger partial charge is 0.0726 e. The van der Waals surface area contributed by atoms with Crippen molar-refractivity contribution in [2.24, 2.45) is 0 Å². The van der Waals surface area contributed by atoms with Crippen LogP contribution in [-0.4, -0.2) is 0 Å². The van der Waals surface area contributed by atoms with Gasteiger partial charge in [0, 0.05) is 22.4 Å². The van der Waals surface area contributed by atoms with Gasteiger partial charge in [0.25, 0.3) is 0 Å². The second-order valence-corrected chi connectivity index (χ2v) is 20.6. The van der Waals surface area contributed by atoms with E-state index in [9.17, 15) is 0 Å². The average molecular weight is 916 g/mol. The van der Waals surface area contributed by atoms with Gasteiger partial charge in [0.05, 0.1) is 16.5 Å². The number of anilines is 3. The summed E-state index contributed by atoms with van der Waals surface area (Å²) in [5.41, 5.74) is 28.3. The molecule has 0 aromatic heterocycles. The Balaban J connectivity index is 0.996. The molecule has 0 aliphatic heterocycles. The number of hydrogen-bond acceptors (Lipinski definition) is 1. The summed E-state index contributed by atoms with van der Waals surface area (Å²) in [6.45, 7) is 4.77. The first-order valence-electron chi connectivity index (χ1n) is 25.4. The first kappa shape index (κ1) is 41.0. The Bertz CT molecular complexity index is 3920. The van der Waals surface area contributed by atoms with Crippen LogP contribution in [-0.2, 0) is 16.2 Å². The van der Waals surface area contributed by atoms with Gasteiger partial charge in [0.2, 0.25) is 0 Å². The van der Waals surface area contributed by atoms with Gasteiger partial charge >= 0.3 is 0 Å². The van der Waals surface area contributed by atoms with Gasteiger partial charge in [0.15, 0.2) is 0 Å². The van der Waals surface area contributed by atoms with Gasteiger partial charge in [-0.3, -0.25) is 0 Å². The summed E-state index contributed by atoms with van der Waals surface area (Å²) in [6.07, 6.45) is 0. The molecule has 11 aromatic rings. The fourth-order valence-electron chi connectivity index (χ4n) is 14.2. The van der Waals surface area contributed by atoms with Gasteiger partial charge in [-0.15, -0.1) is 0 Å². The van der Waals surface area contributed by atoms with Crippen LogP contribution in [0.5, 0.6) is 0 Å². The molecule has 0 heterocycles. The van der Waals surface area contributed by atoms with E-state index in [0.717, 1.165) is 17.1 Å². The van der Waals surface area contributed by atoms with Crippen LogP contribution in [0.4, 0.5) is 17.1 Å². The lowest BCUT2D eigenvalue weighted by Gasteiger charge is -2.35. The second kappa shape index (κ2) is 15.1. The van der Waals surface area contributed by atoms with E-state index < -0.39 is 10.8 Å². The van der Waals surface area contributed by atoms with Crippen molar-refractivity contribution in [1.82, 2.24) is 0 Å². The molecule has 0 bridgehead atoms. The lowest BCUT2D eigenvalue weighted by atomic mass is 9.67. The van der Waals surface area contributed by atoms with Crippen molar-refractivity contribution in [3.05, 3.63) is 316 Å². The van der Waals surface area contributed by atoms with E-state index in [1.165, 1.54) is 111 Å². The summed E-state index contributed by atoms with van der Waals surface area (Å²) in [5.74, 6) is 0. The third kappa shape index (κ3) is 5.27. The molecule has 338 valence electrons. The van der Waals surface area contributed by atoms with E-state index in [2.05, 4.69) is 280 Å². The predicted molar refractivity (Wildman–Crippen MR) is 298 cm³/mol. The van der Waals surface area contributed by atoms with Crippen molar-refractivity contribution in [2.75, 3.05) is 4.90 Å². The monoisotopic (exact) mass is 915 g/mol. The number of benzene rings is 11. The SMILES string of the molecule is CC1(C)c2ccccc2-c2cccc(-c3ccc(N(c4ccc5c(c4)C(c4ccccc4)(c4ccccc4)c4ccccc4-5)c4cccc5c4-c4ccccc4C54c5ccccc5-c5ccccc54)cc3)c21. The standard InChI is InChI=1S/C71H49N/c1-69(2)59-32-14-9-28-55(59)57-31-19-30-51(68(57)69)46-39-41-49(42-40-46)72(50-43-44-56-54-27-10-15-33-60(54)70(65(56)45-50,47-21-5-3-6-22-47)48-23-7-4-8-24-48)66-38-20-37-64-67(66)58-29-13-18-36-63(58)71(64)61-34-16-11-25-52(61)53-26-12-17-35-62(53)71/h3-45H,1-2H3. The Labute approximate surface area is 422 Å². The summed E-state index contributed by atoms with van der Waals surface area (Å²) in [6, 6.07) is 98.4. The third-order valence-corrected chi connectivity index (χ3v) is 17.0. The maximum Gasteiger partial charge on any atom is 0.0726 e. The zero-order chi connectivity index (χ0) is 47.8. The molecule has 1 heteroatoms. The largest absolute Gasteiger partial charge is 0.310 e. The molecule has 0 unspecified atom stereocenters. The minimum atomic E-state index is -0.551. The van der Waals surface area contributed by atoms with Crippen molar-refractivity contribution >= 4 is 17.1 Å². The van der Waals surface area contributed by atoms with Crippen LogP contribution in [0, 0.1) is 0 Å². The van der Waals surface area contributed by atoms with Crippen LogP contribution >= 0.6 is 0 Å². The quantitative estimate of drug-likeness (QED) is 0.161. The molecule has 15 rings (SSSR count). The van der Waals surface area contributed by atoms with Crippen molar-refractivity contribution in [1.29, 1.82) is 0 Å². The summed E-state index contributed by atoms with van der Waals surface area (Å²) in [4.78, 5) is 2.56. The van der Waals surface area contributed by atoms with E-state index >= 15 is 0 Å². The minimum Gasteiger partial charge on any atom is -0.310 e. The molecular formula is C71H49N. The van der Waals surface area contributed by atoms with Crippen LogP contribution in [0.3, 0.4) is 0 Å². The summed E-state index contributed by atoms with van der Waals surface area (Å²) < 4.78 is 0. The molecule has 0 saturated heterocycles. The molecule has 1 spiro atoms. The number of nitrogens with zero attached hydrogens (tertiary/aromatic N) is 1. The maximum atomic E-state index is 2.56. The topological polar surface area (TPSA) is 3.24 Å². The van der Waals surface area contributed by atoms with Crippen molar-refractivity contribution in [3.63, 3.8) is 0 Å². The molecule has 0 radical (unpaired) electrons. The van der Waals surface area contributed by atoms with Crippen molar-refractivity contribution in [2.45, 2.75) is 30.1 Å². The van der Waals surface area contributed by atoms with E-state index in [-0.39, 0.29) is 5.41 Å². The molecule has 4 aliphatic rings. The molecule has 0 atom stereocenters. The normalized spacial score (nSPS) is 14.9. The number of fused-ring (bicyclic) bond motifs is 16. The molecule has 0 fully saturated rings. The first-order valence-corrected chi connectivity index (χ1v) is 25.4. The molecule has 0 amide bonds. The van der Waals surface area contributed by atoms with E-state index in [1.54, 1.807) is 0 Å². The van der Waals surface area contributed by atoms with Gasteiger partial charge in [0.1, 0.15) is 0 Å². The van der Waals surface area contributed by atoms with Crippen LogP contribution in [0.15, 0.2) is 261 Å². The molecule has 1 nitrogen and oxygen atoms in total. The minimum absolute atomic E-state index is 0.134. The third-order valence-electron chi connectivity index (χ3n) is 17.0. The maximum absolute atomic E-state index is 2.56. The van der Waals surface area contributed by atoms with E-state index in [0.29, 0.717) is 0 Å². The zero-order valence-corrected chi connectivity index (χ0v) is 40.3. The van der Waals surface area contributed by atoms with E-state index in [4.69, 9.17) is 0 Å². The Kier molecular flexibility index (Phi) is 8.62. The van der Waals surface area contributed by atoms with Crippen LogP contribution in [0.1, 0.15) is 69.5 Å². The molecule has 0 saturated carbocycles. The van der Waals surface area contributed by atoms with Crippen LogP contribution in [0.25, 0.3) is 55.6 Å². The first-order chi connectivity index (χ1) is 35.5. The summed E-state index contributed by atoms with van der Waals surface area (Å²) in [5, 5.41) is 0. The average Bonchev–Trinajstić information content (AvgIpc) is 4.11. The van der Waals surface area contributed by atoms with Gasteiger partial charge in [-0.25, -0.2) is 0 Å². The molecule has 11 aromatic carbocycles. The van der Waals surface area contributed by atoms with Gasteiger partial charge in [-0.2, -0.15) is 0 Å². The summed E-state index contributed by atoms with van der Waals surface area (Å²) in [7, 11) is 0. The predicted octanol–water partition coefficient (Wildman–Crippen LogP) is 17.8. The van der Waals surface area contributed by atoms with Crippen LogP contribution in [0.2, 0.25) is 0 Å². The lowest BCUT2D eigenvalue weighted by Crippen LogP contribution is -2.28. The highest BCUT2D eigenvalue weighted by molar-refractivity contribution is 6.02. The number of rotatable bonds is 6. The highest BCUT2D eigenvalue weighted by atomic mass is 15.1. The Morgan fingerprint density at radius 3 is 1.29 bits per heavy atom. The Hall–Kier alpha value is -8.78. The van der Waals surface area contributed by atoms with Gasteiger partial charge in [-0.05, 0) is 136 Å². The van der Waals surface area contributed by atoms with Gasteiger partial charge < -0.3 is 4.90 Å². The molecular weight excluding hydrogens is 867 g/mol. The van der Waals surface area contributed by atoms with Gasteiger partial charge in [-0.1, -0.05) is 244 Å². The highest BCUT2D eigenvalue weighted by Crippen LogP contribution is 2.65. The molecule has 4 aliphatic carbocycles. The second-order valence-electron chi connectivity index (χ2n) is 20.6. The molecule has 72 heavy (non-hydrogen) atoms. The fraction of sp³-hybridized carbons (Fsp3) is 0.0704. The number of hydrogen-bond donors (Lipinski definition) is 0. The van der Waals surface area contributed by atoms with E-state index in [1.807, 2.05) is 0 Å². The van der Waals surface area contributed by atoms with Crippen molar-refractivity contribution in [3.8, 4) is 55.6 Å². The Morgan fingerprint density at radius 1 is 0.278 bits per heavy atom. The fourth-order valence-corrected chi connectivity index (χ4v) is 14.2. The highest BCUT2D eigenvalue weighted by Gasteiger charge is 2.53.